The molecule has 7 heteroatoms. The maximum Gasteiger partial charge on any atom is 0.153 e. The first kappa shape index (κ1) is 16.9. The summed E-state index contributed by atoms with van der Waals surface area (Å²) in [4.78, 5) is 8.94. The third-order valence-corrected chi connectivity index (χ3v) is 5.14. The maximum absolute atomic E-state index is 4.54. The Kier molecular flexibility index (Phi) is 5.06. The van der Waals surface area contributed by atoms with Crippen LogP contribution in [-0.4, -0.2) is 29.9 Å². The lowest BCUT2D eigenvalue weighted by atomic mass is 9.83. The first-order chi connectivity index (χ1) is 12.8. The molecule has 1 unspecified atom stereocenters. The number of aryl methyl sites for hydroxylation is 1. The van der Waals surface area contributed by atoms with Crippen LogP contribution in [0.3, 0.4) is 0 Å². The van der Waals surface area contributed by atoms with Crippen LogP contribution in [0.5, 0.6) is 0 Å². The quantitative estimate of drug-likeness (QED) is 0.713. The molecular formula is C19H25N7. The molecule has 1 aliphatic rings. The van der Waals surface area contributed by atoms with Crippen molar-refractivity contribution < 1.29 is 0 Å². The fourth-order valence-electron chi connectivity index (χ4n) is 3.75. The molecule has 3 aromatic heterocycles. The second-order valence-electron chi connectivity index (χ2n) is 7.05. The van der Waals surface area contributed by atoms with Gasteiger partial charge in [-0.2, -0.15) is 10.2 Å². The van der Waals surface area contributed by atoms with E-state index in [2.05, 4.69) is 36.6 Å². The number of nitrogens with one attached hydrogen (secondary N) is 2. The van der Waals surface area contributed by atoms with Crippen molar-refractivity contribution in [3.63, 3.8) is 0 Å². The van der Waals surface area contributed by atoms with Crippen LogP contribution in [0.25, 0.3) is 5.82 Å². The molecule has 1 fully saturated rings. The molecule has 2 N–H and O–H groups in total. The molecule has 3 heterocycles. The first-order valence-corrected chi connectivity index (χ1v) is 9.36. The normalized spacial score (nSPS) is 16.7. The van der Waals surface area contributed by atoms with Crippen molar-refractivity contribution in [2.75, 3.05) is 0 Å². The molecule has 0 amide bonds. The summed E-state index contributed by atoms with van der Waals surface area (Å²) in [6.45, 7) is 2.73. The molecule has 0 bridgehead atoms. The third kappa shape index (κ3) is 3.83. The van der Waals surface area contributed by atoms with Gasteiger partial charge in [-0.1, -0.05) is 25.3 Å². The highest BCUT2D eigenvalue weighted by molar-refractivity contribution is 5.25. The Bertz CT molecular complexity index is 801. The van der Waals surface area contributed by atoms with Crippen LogP contribution >= 0.6 is 0 Å². The number of hydrogen-bond acceptors (Lipinski definition) is 5. The average molecular weight is 351 g/mol. The third-order valence-electron chi connectivity index (χ3n) is 5.14. The van der Waals surface area contributed by atoms with E-state index in [-0.39, 0.29) is 6.04 Å². The lowest BCUT2D eigenvalue weighted by molar-refractivity contribution is 0.262. The smallest absolute Gasteiger partial charge is 0.153 e. The van der Waals surface area contributed by atoms with Crippen molar-refractivity contribution in [2.45, 2.75) is 51.6 Å². The monoisotopic (exact) mass is 351 g/mol. The Balaban J connectivity index is 1.43. The Morgan fingerprint density at radius 3 is 2.73 bits per heavy atom. The molecule has 136 valence electrons. The van der Waals surface area contributed by atoms with E-state index < -0.39 is 0 Å². The van der Waals surface area contributed by atoms with E-state index in [4.69, 9.17) is 0 Å². The molecule has 7 nitrogen and oxygen atoms in total. The summed E-state index contributed by atoms with van der Waals surface area (Å²) in [7, 11) is 0. The van der Waals surface area contributed by atoms with E-state index in [1.165, 1.54) is 32.1 Å². The molecule has 0 spiro atoms. The molecule has 1 aliphatic carbocycles. The Hall–Kier alpha value is -2.54. The van der Waals surface area contributed by atoms with Crippen LogP contribution in [0.2, 0.25) is 0 Å². The molecular weight excluding hydrogens is 326 g/mol. The Labute approximate surface area is 153 Å². The minimum absolute atomic E-state index is 0.214. The van der Waals surface area contributed by atoms with Gasteiger partial charge >= 0.3 is 0 Å². The first-order valence-electron chi connectivity index (χ1n) is 9.36. The van der Waals surface area contributed by atoms with Crippen molar-refractivity contribution in [1.82, 2.24) is 35.3 Å². The number of nitrogens with zero attached hydrogens (tertiary/aromatic N) is 5. The molecule has 0 aromatic carbocycles. The van der Waals surface area contributed by atoms with Crippen molar-refractivity contribution in [1.29, 1.82) is 0 Å². The van der Waals surface area contributed by atoms with E-state index in [1.54, 1.807) is 11.0 Å². The zero-order valence-corrected chi connectivity index (χ0v) is 15.1. The topological polar surface area (TPSA) is 84.3 Å². The predicted octanol–water partition coefficient (Wildman–Crippen LogP) is 3.11. The zero-order valence-electron chi connectivity index (χ0n) is 15.1. The Morgan fingerprint density at radius 1 is 1.19 bits per heavy atom. The maximum atomic E-state index is 4.54. The van der Waals surface area contributed by atoms with Crippen molar-refractivity contribution >= 4 is 0 Å². The van der Waals surface area contributed by atoms with Crippen LogP contribution in [0.1, 0.15) is 55.2 Å². The second-order valence-corrected chi connectivity index (χ2v) is 7.05. The number of H-pyrrole nitrogens is 1. The number of aromatic amines is 1. The molecule has 0 saturated heterocycles. The van der Waals surface area contributed by atoms with Gasteiger partial charge in [0.25, 0.3) is 0 Å². The highest BCUT2D eigenvalue weighted by Crippen LogP contribution is 2.33. The van der Waals surface area contributed by atoms with Crippen LogP contribution in [0.4, 0.5) is 0 Å². The fourth-order valence-corrected chi connectivity index (χ4v) is 3.75. The van der Waals surface area contributed by atoms with Crippen molar-refractivity contribution in [3.8, 4) is 5.82 Å². The summed E-state index contributed by atoms with van der Waals surface area (Å²) in [5, 5.41) is 15.2. The molecule has 4 rings (SSSR count). The summed E-state index contributed by atoms with van der Waals surface area (Å²) in [6, 6.07) is 6.30. The summed E-state index contributed by atoms with van der Waals surface area (Å²) in [5.41, 5.74) is 2.14. The van der Waals surface area contributed by atoms with Gasteiger partial charge in [0, 0.05) is 18.9 Å². The zero-order chi connectivity index (χ0) is 17.8. The second kappa shape index (κ2) is 7.78. The van der Waals surface area contributed by atoms with Gasteiger partial charge in [-0.3, -0.25) is 5.10 Å². The summed E-state index contributed by atoms with van der Waals surface area (Å²) >= 11 is 0. The molecule has 3 aromatic rings. The highest BCUT2D eigenvalue weighted by Gasteiger charge is 2.26. The van der Waals surface area contributed by atoms with Gasteiger partial charge in [0.2, 0.25) is 0 Å². The molecule has 0 aliphatic heterocycles. The van der Waals surface area contributed by atoms with Crippen LogP contribution in [0.15, 0.2) is 36.9 Å². The van der Waals surface area contributed by atoms with E-state index in [9.17, 15) is 0 Å². The Morgan fingerprint density at radius 2 is 2.08 bits per heavy atom. The van der Waals surface area contributed by atoms with Gasteiger partial charge < -0.3 is 5.32 Å². The van der Waals surface area contributed by atoms with Crippen molar-refractivity contribution in [2.24, 2.45) is 5.92 Å². The molecule has 1 atom stereocenters. The number of rotatable bonds is 6. The van der Waals surface area contributed by atoms with Gasteiger partial charge in [0.05, 0.1) is 11.7 Å². The summed E-state index contributed by atoms with van der Waals surface area (Å²) in [6.07, 6.45) is 11.9. The number of aromatic nitrogens is 6. The predicted molar refractivity (Wildman–Crippen MR) is 98.6 cm³/mol. The van der Waals surface area contributed by atoms with E-state index in [0.717, 1.165) is 29.4 Å². The lowest BCUT2D eigenvalue weighted by Gasteiger charge is -2.29. The number of pyridine rings is 1. The largest absolute Gasteiger partial charge is 0.303 e. The van der Waals surface area contributed by atoms with Crippen LogP contribution < -0.4 is 5.32 Å². The van der Waals surface area contributed by atoms with Gasteiger partial charge in [-0.05, 0) is 43.4 Å². The van der Waals surface area contributed by atoms with Crippen LogP contribution in [0, 0.1) is 12.8 Å². The van der Waals surface area contributed by atoms with E-state index in [1.807, 2.05) is 31.5 Å². The highest BCUT2D eigenvalue weighted by atomic mass is 15.3. The van der Waals surface area contributed by atoms with E-state index >= 15 is 0 Å². The summed E-state index contributed by atoms with van der Waals surface area (Å²) in [5.74, 6) is 2.38. The fraction of sp³-hybridized carbons (Fsp3) is 0.474. The minimum Gasteiger partial charge on any atom is -0.303 e. The lowest BCUT2D eigenvalue weighted by Crippen LogP contribution is -2.30. The number of hydrogen-bond donors (Lipinski definition) is 2. The molecule has 0 radical (unpaired) electrons. The van der Waals surface area contributed by atoms with Crippen molar-refractivity contribution in [3.05, 3.63) is 54.0 Å². The average Bonchev–Trinajstić information content (AvgIpc) is 3.36. The van der Waals surface area contributed by atoms with Gasteiger partial charge in [-0.15, -0.1) is 0 Å². The minimum atomic E-state index is 0.214. The molecule has 1 saturated carbocycles. The van der Waals surface area contributed by atoms with Crippen LogP contribution in [-0.2, 0) is 6.54 Å². The SMILES string of the molecule is Cc1ccn(-c2ccc(CNC(c3ncn[nH]3)C3CCCCC3)cn2)n1. The summed E-state index contributed by atoms with van der Waals surface area (Å²) < 4.78 is 1.80. The van der Waals surface area contributed by atoms with Gasteiger partial charge in [0.15, 0.2) is 5.82 Å². The van der Waals surface area contributed by atoms with Gasteiger partial charge in [-0.25, -0.2) is 14.6 Å². The van der Waals surface area contributed by atoms with E-state index in [0.29, 0.717) is 5.92 Å². The standard InChI is InChI=1S/C19H25N7/c1-14-9-10-26(25-14)17-8-7-15(11-20-17)12-21-18(19-22-13-23-24-19)16-5-3-2-4-6-16/h7-11,13,16,18,21H,2-6,12H2,1H3,(H,22,23,24). The molecule has 26 heavy (non-hydrogen) atoms. The van der Waals surface area contributed by atoms with Gasteiger partial charge in [0.1, 0.15) is 12.2 Å².